The normalized spacial score (nSPS) is 9.62. The average molecular weight is 110 g/mol. The molecule has 8 heavy (non-hydrogen) atoms. The Morgan fingerprint density at radius 1 is 1.62 bits per heavy atom. The van der Waals surface area contributed by atoms with Gasteiger partial charge < -0.3 is 4.98 Å². The molecule has 0 aromatic carbocycles. The zero-order valence-electron chi connectivity index (χ0n) is 4.55. The minimum atomic E-state index is -0.0160. The third kappa shape index (κ3) is 1.10. The van der Waals surface area contributed by atoms with Crippen LogP contribution in [0, 0.1) is 0 Å². The number of rotatable bonds is 2. The molecule has 1 radical (unpaired) electrons. The van der Waals surface area contributed by atoms with Crippen molar-refractivity contribution in [2.45, 2.75) is 6.42 Å². The van der Waals surface area contributed by atoms with Crippen molar-refractivity contribution < 1.29 is 5.11 Å². The summed E-state index contributed by atoms with van der Waals surface area (Å²) in [5.74, 6) is 0. The molecule has 0 fully saturated rings. The summed E-state index contributed by atoms with van der Waals surface area (Å²) in [7, 11) is 0. The summed E-state index contributed by atoms with van der Waals surface area (Å²) in [5.41, 5.74) is 1.10. The maximum atomic E-state index is 9.98. The molecule has 1 aromatic heterocycles. The Labute approximate surface area is 48.2 Å². The van der Waals surface area contributed by atoms with E-state index in [4.69, 9.17) is 0 Å². The monoisotopic (exact) mass is 110 g/mol. The van der Waals surface area contributed by atoms with Gasteiger partial charge in [-0.15, -0.1) is 0 Å². The highest BCUT2D eigenvalue weighted by Crippen LogP contribution is 1.95. The molecule has 0 unspecified atom stereocenters. The van der Waals surface area contributed by atoms with E-state index >= 15 is 0 Å². The van der Waals surface area contributed by atoms with Crippen LogP contribution in [0.3, 0.4) is 0 Å². The molecular weight excluding hydrogens is 102 g/mol. The molecule has 0 spiro atoms. The highest BCUT2D eigenvalue weighted by atomic mass is 16.2. The molecule has 1 heterocycles. The highest BCUT2D eigenvalue weighted by Gasteiger charge is 1.87. The molecule has 2 heteroatoms. The van der Waals surface area contributed by atoms with Gasteiger partial charge in [-0.1, -0.05) is 0 Å². The maximum absolute atomic E-state index is 9.98. The molecule has 0 atom stereocenters. The Morgan fingerprint density at radius 3 is 3.00 bits per heavy atom. The van der Waals surface area contributed by atoms with Gasteiger partial charge in [-0.3, -0.25) is 0 Å². The molecule has 43 valence electrons. The van der Waals surface area contributed by atoms with Gasteiger partial charge in [0.05, 0.1) is 6.61 Å². The predicted octanol–water partition coefficient (Wildman–Crippen LogP) is 0.988. The molecule has 2 nitrogen and oxygen atoms in total. The third-order valence-electron chi connectivity index (χ3n) is 1.05. The number of nitrogens with one attached hydrogen (secondary N) is 1. The van der Waals surface area contributed by atoms with Crippen molar-refractivity contribution in [1.29, 1.82) is 0 Å². The first-order chi connectivity index (χ1) is 3.93. The van der Waals surface area contributed by atoms with E-state index in [0.717, 1.165) is 5.56 Å². The maximum Gasteiger partial charge on any atom is 0.0863 e. The van der Waals surface area contributed by atoms with Crippen LogP contribution >= 0.6 is 0 Å². The van der Waals surface area contributed by atoms with Gasteiger partial charge in [-0.25, -0.2) is 5.11 Å². The highest BCUT2D eigenvalue weighted by molar-refractivity contribution is 5.07. The first kappa shape index (κ1) is 5.38. The Bertz CT molecular complexity index is 134. The lowest BCUT2D eigenvalue weighted by Gasteiger charge is -1.83. The molecule has 0 amide bonds. The van der Waals surface area contributed by atoms with Crippen LogP contribution in [0.1, 0.15) is 5.56 Å². The Morgan fingerprint density at radius 2 is 2.50 bits per heavy atom. The van der Waals surface area contributed by atoms with Crippen molar-refractivity contribution in [1.82, 2.24) is 4.98 Å². The van der Waals surface area contributed by atoms with Gasteiger partial charge in [0, 0.05) is 18.8 Å². The zero-order valence-corrected chi connectivity index (χ0v) is 4.55. The molecule has 0 bridgehead atoms. The summed E-state index contributed by atoms with van der Waals surface area (Å²) < 4.78 is 0. The van der Waals surface area contributed by atoms with Gasteiger partial charge in [-0.2, -0.15) is 0 Å². The van der Waals surface area contributed by atoms with E-state index in [1.54, 1.807) is 0 Å². The fraction of sp³-hybridized carbons (Fsp3) is 0.333. The van der Waals surface area contributed by atoms with Crippen LogP contribution in [0.2, 0.25) is 0 Å². The first-order valence-corrected chi connectivity index (χ1v) is 2.63. The van der Waals surface area contributed by atoms with Crippen molar-refractivity contribution in [3.05, 3.63) is 24.0 Å². The quantitative estimate of drug-likeness (QED) is 0.589. The fourth-order valence-electron chi connectivity index (χ4n) is 0.632. The van der Waals surface area contributed by atoms with Gasteiger partial charge in [0.15, 0.2) is 0 Å². The number of aromatic nitrogens is 1. The van der Waals surface area contributed by atoms with Crippen LogP contribution < -0.4 is 0 Å². The van der Waals surface area contributed by atoms with E-state index in [0.29, 0.717) is 6.42 Å². The molecule has 0 saturated carbocycles. The van der Waals surface area contributed by atoms with Gasteiger partial charge in [0.2, 0.25) is 0 Å². The number of aromatic amines is 1. The van der Waals surface area contributed by atoms with Crippen LogP contribution in [0.15, 0.2) is 18.5 Å². The number of hydrogen-bond acceptors (Lipinski definition) is 0. The topological polar surface area (TPSA) is 35.7 Å². The molecule has 0 aliphatic rings. The van der Waals surface area contributed by atoms with Gasteiger partial charge in [-0.05, 0) is 11.6 Å². The van der Waals surface area contributed by atoms with Crippen molar-refractivity contribution in [2.24, 2.45) is 0 Å². The van der Waals surface area contributed by atoms with E-state index in [1.807, 2.05) is 18.5 Å². The zero-order chi connectivity index (χ0) is 5.82. The van der Waals surface area contributed by atoms with Crippen molar-refractivity contribution >= 4 is 0 Å². The minimum Gasteiger partial charge on any atom is -0.367 e. The smallest absolute Gasteiger partial charge is 0.0863 e. The second-order valence-electron chi connectivity index (χ2n) is 1.67. The first-order valence-electron chi connectivity index (χ1n) is 2.63. The van der Waals surface area contributed by atoms with Gasteiger partial charge in [0.25, 0.3) is 0 Å². The minimum absolute atomic E-state index is 0.0160. The van der Waals surface area contributed by atoms with Crippen LogP contribution in [0.4, 0.5) is 0 Å². The summed E-state index contributed by atoms with van der Waals surface area (Å²) in [6, 6.07) is 1.91. The van der Waals surface area contributed by atoms with Crippen molar-refractivity contribution in [2.75, 3.05) is 6.61 Å². The predicted molar refractivity (Wildman–Crippen MR) is 30.1 cm³/mol. The largest absolute Gasteiger partial charge is 0.367 e. The molecule has 0 aliphatic carbocycles. The lowest BCUT2D eigenvalue weighted by molar-refractivity contribution is 0.197. The SMILES string of the molecule is [O]CCc1cc[nH]c1. The second-order valence-corrected chi connectivity index (χ2v) is 1.67. The van der Waals surface area contributed by atoms with Crippen molar-refractivity contribution in [3.8, 4) is 0 Å². The van der Waals surface area contributed by atoms with E-state index in [2.05, 4.69) is 4.98 Å². The lowest BCUT2D eigenvalue weighted by Crippen LogP contribution is -1.84. The molecule has 1 aromatic rings. The summed E-state index contributed by atoms with van der Waals surface area (Å²) in [4.78, 5) is 2.88. The lowest BCUT2D eigenvalue weighted by atomic mass is 10.3. The van der Waals surface area contributed by atoms with E-state index in [9.17, 15) is 5.11 Å². The molecule has 0 aliphatic heterocycles. The fourth-order valence-corrected chi connectivity index (χ4v) is 0.632. The Balaban J connectivity index is 2.50. The van der Waals surface area contributed by atoms with Crippen LogP contribution in [0.25, 0.3) is 0 Å². The summed E-state index contributed by atoms with van der Waals surface area (Å²) in [5, 5.41) is 9.98. The summed E-state index contributed by atoms with van der Waals surface area (Å²) >= 11 is 0. The Hall–Kier alpha value is -0.760. The second kappa shape index (κ2) is 2.52. The third-order valence-corrected chi connectivity index (χ3v) is 1.05. The van der Waals surface area contributed by atoms with E-state index in [-0.39, 0.29) is 6.61 Å². The number of H-pyrrole nitrogens is 1. The molecule has 1 rings (SSSR count). The van der Waals surface area contributed by atoms with Gasteiger partial charge in [0.1, 0.15) is 0 Å². The van der Waals surface area contributed by atoms with Crippen LogP contribution in [0.5, 0.6) is 0 Å². The standard InChI is InChI=1S/C6H8NO/c8-4-2-6-1-3-7-5-6/h1,3,5,7H,2,4H2. The molecule has 1 N–H and O–H groups in total. The van der Waals surface area contributed by atoms with Gasteiger partial charge >= 0.3 is 0 Å². The van der Waals surface area contributed by atoms with E-state index < -0.39 is 0 Å². The summed E-state index contributed by atoms with van der Waals surface area (Å²) in [6.45, 7) is -0.0160. The number of hydrogen-bond donors (Lipinski definition) is 1. The molecular formula is C6H8NO. The summed E-state index contributed by atoms with van der Waals surface area (Å²) in [6.07, 6.45) is 4.31. The average Bonchev–Trinajstić information content (AvgIpc) is 2.19. The van der Waals surface area contributed by atoms with Crippen molar-refractivity contribution in [3.63, 3.8) is 0 Å². The Kier molecular flexibility index (Phi) is 1.70. The molecule has 0 saturated heterocycles. The van der Waals surface area contributed by atoms with Crippen LogP contribution in [-0.4, -0.2) is 11.6 Å². The van der Waals surface area contributed by atoms with E-state index in [1.165, 1.54) is 0 Å². The van der Waals surface area contributed by atoms with Crippen LogP contribution in [-0.2, 0) is 11.5 Å².